The number of methoxy groups -OCH3 is 1. The summed E-state index contributed by atoms with van der Waals surface area (Å²) < 4.78 is 17.2. The molecule has 6 nitrogen and oxygen atoms in total. The molecule has 0 amide bonds. The molecule has 4 rings (SSSR count). The lowest BCUT2D eigenvalue weighted by Crippen LogP contribution is -2.39. The van der Waals surface area contributed by atoms with Crippen molar-refractivity contribution in [3.63, 3.8) is 0 Å². The molecule has 1 aliphatic rings. The Morgan fingerprint density at radius 2 is 1.77 bits per heavy atom. The molecule has 0 saturated heterocycles. The third-order valence-electron chi connectivity index (χ3n) is 7.09. The van der Waals surface area contributed by atoms with Crippen LogP contribution in [0.2, 0.25) is 0 Å². The predicted octanol–water partition coefficient (Wildman–Crippen LogP) is 5.51. The SMILES string of the molecule is CCC1(C(=O)OCc2cccc3ccccc23)CCC(Oc2cc(C(=O)O)c(OC)cc2P)CC1. The molecule has 1 atom stereocenters. The van der Waals surface area contributed by atoms with Crippen molar-refractivity contribution in [1.82, 2.24) is 0 Å². The molecular formula is C28H31O6P. The molecule has 184 valence electrons. The van der Waals surface area contributed by atoms with Gasteiger partial charge in [-0.05, 0) is 60.6 Å². The van der Waals surface area contributed by atoms with Crippen LogP contribution in [0.25, 0.3) is 10.8 Å². The summed E-state index contributed by atoms with van der Waals surface area (Å²) in [7, 11) is 4.01. The maximum atomic E-state index is 13.2. The second-order valence-corrected chi connectivity index (χ2v) is 9.68. The van der Waals surface area contributed by atoms with Gasteiger partial charge in [-0.2, -0.15) is 0 Å². The molecule has 0 radical (unpaired) electrons. The van der Waals surface area contributed by atoms with Crippen LogP contribution in [0.4, 0.5) is 0 Å². The predicted molar refractivity (Wildman–Crippen MR) is 139 cm³/mol. The second-order valence-electron chi connectivity index (χ2n) is 9.06. The second kappa shape index (κ2) is 10.7. The average molecular weight is 495 g/mol. The topological polar surface area (TPSA) is 82.1 Å². The summed E-state index contributed by atoms with van der Waals surface area (Å²) in [5.41, 5.74) is 0.534. The minimum absolute atomic E-state index is 0.0597. The first-order valence-electron chi connectivity index (χ1n) is 11.9. The number of aromatic carboxylic acids is 1. The van der Waals surface area contributed by atoms with Gasteiger partial charge in [-0.15, -0.1) is 9.24 Å². The highest BCUT2D eigenvalue weighted by molar-refractivity contribution is 7.27. The molecule has 0 aliphatic heterocycles. The summed E-state index contributed by atoms with van der Waals surface area (Å²) in [6.45, 7) is 2.28. The zero-order valence-electron chi connectivity index (χ0n) is 20.1. The van der Waals surface area contributed by atoms with Crippen LogP contribution < -0.4 is 14.8 Å². The normalized spacial score (nSPS) is 19.8. The Balaban J connectivity index is 1.41. The van der Waals surface area contributed by atoms with Gasteiger partial charge in [0.15, 0.2) is 0 Å². The molecule has 3 aromatic carbocycles. The number of esters is 1. The van der Waals surface area contributed by atoms with Gasteiger partial charge in [0.25, 0.3) is 0 Å². The third-order valence-corrected chi connectivity index (χ3v) is 7.55. The summed E-state index contributed by atoms with van der Waals surface area (Å²) in [6.07, 6.45) is 3.31. The fourth-order valence-electron chi connectivity index (χ4n) is 4.87. The average Bonchev–Trinajstić information content (AvgIpc) is 2.88. The number of carbonyl (C=O) groups excluding carboxylic acids is 1. The van der Waals surface area contributed by atoms with E-state index in [0.717, 1.165) is 21.6 Å². The molecule has 7 heteroatoms. The van der Waals surface area contributed by atoms with E-state index < -0.39 is 11.4 Å². The summed E-state index contributed by atoms with van der Waals surface area (Å²) in [6, 6.07) is 17.3. The maximum absolute atomic E-state index is 13.2. The number of hydrogen-bond acceptors (Lipinski definition) is 5. The molecule has 1 aliphatic carbocycles. The fraction of sp³-hybridized carbons (Fsp3) is 0.357. The van der Waals surface area contributed by atoms with Crippen molar-refractivity contribution in [1.29, 1.82) is 0 Å². The van der Waals surface area contributed by atoms with E-state index in [0.29, 0.717) is 37.9 Å². The van der Waals surface area contributed by atoms with Gasteiger partial charge in [-0.3, -0.25) is 4.79 Å². The Bertz CT molecular complexity index is 1220. The van der Waals surface area contributed by atoms with Crippen molar-refractivity contribution in [2.24, 2.45) is 5.41 Å². The van der Waals surface area contributed by atoms with Gasteiger partial charge in [-0.25, -0.2) is 4.79 Å². The Hall–Kier alpha value is -3.11. The third kappa shape index (κ3) is 5.28. The Morgan fingerprint density at radius 1 is 1.06 bits per heavy atom. The van der Waals surface area contributed by atoms with Crippen LogP contribution in [0.5, 0.6) is 11.5 Å². The van der Waals surface area contributed by atoms with E-state index in [4.69, 9.17) is 14.2 Å². The molecule has 3 aromatic rings. The van der Waals surface area contributed by atoms with E-state index in [2.05, 4.69) is 21.4 Å². The number of carboxylic acids is 1. The highest BCUT2D eigenvalue weighted by Gasteiger charge is 2.42. The molecule has 1 unspecified atom stereocenters. The lowest BCUT2D eigenvalue weighted by molar-refractivity contribution is -0.161. The zero-order chi connectivity index (χ0) is 25.0. The number of carbonyl (C=O) groups is 2. The molecule has 0 aromatic heterocycles. The van der Waals surface area contributed by atoms with Crippen molar-refractivity contribution < 1.29 is 28.9 Å². The van der Waals surface area contributed by atoms with Crippen LogP contribution in [-0.2, 0) is 16.1 Å². The van der Waals surface area contributed by atoms with Crippen molar-refractivity contribution >= 4 is 37.3 Å². The molecule has 1 saturated carbocycles. The monoisotopic (exact) mass is 494 g/mol. The summed E-state index contributed by atoms with van der Waals surface area (Å²) in [5, 5.41) is 12.4. The van der Waals surface area contributed by atoms with Crippen molar-refractivity contribution in [3.05, 3.63) is 65.7 Å². The number of ether oxygens (including phenoxy) is 3. The Kier molecular flexibility index (Phi) is 7.61. The van der Waals surface area contributed by atoms with E-state index in [1.54, 1.807) is 6.07 Å². The molecule has 0 spiro atoms. The van der Waals surface area contributed by atoms with Gasteiger partial charge in [0.2, 0.25) is 0 Å². The molecular weight excluding hydrogens is 463 g/mol. The van der Waals surface area contributed by atoms with Crippen molar-refractivity contribution in [2.45, 2.75) is 51.7 Å². The van der Waals surface area contributed by atoms with Crippen LogP contribution in [0, 0.1) is 5.41 Å². The van der Waals surface area contributed by atoms with Gasteiger partial charge in [0.05, 0.1) is 18.6 Å². The number of rotatable bonds is 8. The van der Waals surface area contributed by atoms with E-state index in [9.17, 15) is 14.7 Å². The highest BCUT2D eigenvalue weighted by atomic mass is 31.0. The maximum Gasteiger partial charge on any atom is 0.339 e. The van der Waals surface area contributed by atoms with E-state index >= 15 is 0 Å². The quantitative estimate of drug-likeness (QED) is 0.329. The zero-order valence-corrected chi connectivity index (χ0v) is 21.2. The van der Waals surface area contributed by atoms with Crippen LogP contribution >= 0.6 is 9.24 Å². The Labute approximate surface area is 207 Å². The van der Waals surface area contributed by atoms with Crippen molar-refractivity contribution in [3.8, 4) is 11.5 Å². The summed E-state index contributed by atoms with van der Waals surface area (Å²) >= 11 is 0. The number of carboxylic acid groups (broad SMARTS) is 1. The van der Waals surface area contributed by atoms with Gasteiger partial charge in [0.1, 0.15) is 23.7 Å². The lowest BCUT2D eigenvalue weighted by atomic mass is 9.71. The standard InChI is InChI=1S/C28H31O6P/c1-3-28(27(31)33-17-19-9-6-8-18-7-4-5-10-21(18)19)13-11-20(12-14-28)34-24-15-22(26(29)30)23(32-2)16-25(24)35/h4-10,15-16,20H,3,11-14,17,35H2,1-2H3,(H,29,30). The number of benzene rings is 3. The molecule has 0 heterocycles. The first-order chi connectivity index (χ1) is 16.9. The van der Waals surface area contributed by atoms with E-state index in [1.807, 2.05) is 37.3 Å². The van der Waals surface area contributed by atoms with E-state index in [1.165, 1.54) is 13.2 Å². The van der Waals surface area contributed by atoms with Crippen LogP contribution in [0.3, 0.4) is 0 Å². The van der Waals surface area contributed by atoms with Gasteiger partial charge >= 0.3 is 11.9 Å². The minimum atomic E-state index is -1.07. The van der Waals surface area contributed by atoms with Crippen molar-refractivity contribution in [2.75, 3.05) is 7.11 Å². The fourth-order valence-corrected chi connectivity index (χ4v) is 5.17. The molecule has 1 fully saturated rings. The minimum Gasteiger partial charge on any atom is -0.496 e. The Morgan fingerprint density at radius 3 is 2.46 bits per heavy atom. The molecule has 1 N–H and O–H groups in total. The summed E-state index contributed by atoms with van der Waals surface area (Å²) in [5.74, 6) is -0.437. The first kappa shape index (κ1) is 25.0. The number of fused-ring (bicyclic) bond motifs is 1. The summed E-state index contributed by atoms with van der Waals surface area (Å²) in [4.78, 5) is 24.8. The molecule has 0 bridgehead atoms. The first-order valence-corrected chi connectivity index (χ1v) is 12.5. The van der Waals surface area contributed by atoms with Crippen LogP contribution in [-0.4, -0.2) is 30.3 Å². The number of hydrogen-bond donors (Lipinski definition) is 1. The van der Waals surface area contributed by atoms with Gasteiger partial charge in [-0.1, -0.05) is 49.4 Å². The van der Waals surface area contributed by atoms with Crippen LogP contribution in [0.15, 0.2) is 54.6 Å². The van der Waals surface area contributed by atoms with Gasteiger partial charge in [0, 0.05) is 5.30 Å². The smallest absolute Gasteiger partial charge is 0.339 e. The lowest BCUT2D eigenvalue weighted by Gasteiger charge is -2.37. The molecule has 35 heavy (non-hydrogen) atoms. The largest absolute Gasteiger partial charge is 0.496 e. The highest BCUT2D eigenvalue weighted by Crippen LogP contribution is 2.42. The van der Waals surface area contributed by atoms with Gasteiger partial charge < -0.3 is 19.3 Å². The van der Waals surface area contributed by atoms with Crippen LogP contribution in [0.1, 0.15) is 54.9 Å². The van der Waals surface area contributed by atoms with E-state index in [-0.39, 0.29) is 30.0 Å².